The minimum atomic E-state index is 0.905. The van der Waals surface area contributed by atoms with Crippen molar-refractivity contribution < 1.29 is 4.42 Å². The van der Waals surface area contributed by atoms with E-state index in [2.05, 4.69) is 181 Å². The van der Waals surface area contributed by atoms with Crippen molar-refractivity contribution in [2.24, 2.45) is 0 Å². The lowest BCUT2D eigenvalue weighted by molar-refractivity contribution is 0.673. The molecule has 46 heavy (non-hydrogen) atoms. The molecule has 0 saturated carbocycles. The van der Waals surface area contributed by atoms with Crippen LogP contribution in [-0.2, 0) is 0 Å². The van der Waals surface area contributed by atoms with Crippen LogP contribution in [0.1, 0.15) is 0 Å². The summed E-state index contributed by atoms with van der Waals surface area (Å²) in [5.74, 6) is 0. The van der Waals surface area contributed by atoms with Crippen LogP contribution >= 0.6 is 0 Å². The lowest BCUT2D eigenvalue weighted by Crippen LogP contribution is -2.11. The van der Waals surface area contributed by atoms with Gasteiger partial charge in [0.15, 0.2) is 0 Å². The van der Waals surface area contributed by atoms with Gasteiger partial charge in [-0.1, -0.05) is 133 Å². The Kier molecular flexibility index (Phi) is 6.17. The molecule has 0 fully saturated rings. The third-order valence-corrected chi connectivity index (χ3v) is 9.04. The molecule has 1 aromatic heterocycles. The average Bonchev–Trinajstić information content (AvgIpc) is 3.52. The van der Waals surface area contributed by atoms with Crippen LogP contribution in [0.2, 0.25) is 0 Å². The second kappa shape index (κ2) is 10.8. The molecule has 9 rings (SSSR count). The van der Waals surface area contributed by atoms with Crippen LogP contribution in [-0.4, -0.2) is 0 Å². The van der Waals surface area contributed by atoms with E-state index in [4.69, 9.17) is 4.42 Å². The Labute approximate surface area is 267 Å². The molecule has 0 atom stereocenters. The topological polar surface area (TPSA) is 16.4 Å². The van der Waals surface area contributed by atoms with Gasteiger partial charge in [0.2, 0.25) is 0 Å². The fourth-order valence-corrected chi connectivity index (χ4v) is 6.86. The number of anilines is 3. The van der Waals surface area contributed by atoms with E-state index in [-0.39, 0.29) is 0 Å². The number of hydrogen-bond donors (Lipinski definition) is 0. The van der Waals surface area contributed by atoms with Gasteiger partial charge in [-0.05, 0) is 75.3 Å². The first kappa shape index (κ1) is 26.3. The quantitative estimate of drug-likeness (QED) is 0.199. The van der Waals surface area contributed by atoms with Crippen molar-refractivity contribution in [2.75, 3.05) is 4.90 Å². The standard InChI is InChI=1S/C44H29NO/c1-2-12-31(13-3-1)37-16-8-9-19-41(37)45(36-27-21-30-11-4-5-15-34(30)29-36)35-25-22-33(23-26-35)38-18-10-20-42-43(38)40-28-24-32-14-6-7-17-39(32)44(40)46-42/h1-29H. The minimum absolute atomic E-state index is 0.905. The van der Waals surface area contributed by atoms with Gasteiger partial charge in [-0.15, -0.1) is 0 Å². The van der Waals surface area contributed by atoms with Crippen molar-refractivity contribution in [3.8, 4) is 22.3 Å². The van der Waals surface area contributed by atoms with Crippen molar-refractivity contribution in [1.29, 1.82) is 0 Å². The van der Waals surface area contributed by atoms with E-state index in [1.807, 2.05) is 0 Å². The molecule has 2 nitrogen and oxygen atoms in total. The SMILES string of the molecule is c1ccc(-c2ccccc2N(c2ccc(-c3cccc4oc5c6ccccc6ccc5c34)cc2)c2ccc3ccccc3c2)cc1. The predicted molar refractivity (Wildman–Crippen MR) is 194 cm³/mol. The summed E-state index contributed by atoms with van der Waals surface area (Å²) in [5.41, 5.74) is 9.88. The zero-order valence-electron chi connectivity index (χ0n) is 25.1. The van der Waals surface area contributed by atoms with Crippen LogP contribution in [0.4, 0.5) is 17.1 Å². The van der Waals surface area contributed by atoms with Gasteiger partial charge in [0, 0.05) is 33.1 Å². The molecular formula is C44H29NO. The van der Waals surface area contributed by atoms with Crippen LogP contribution in [0.5, 0.6) is 0 Å². The molecule has 0 aliphatic carbocycles. The van der Waals surface area contributed by atoms with Crippen molar-refractivity contribution in [1.82, 2.24) is 0 Å². The average molecular weight is 588 g/mol. The van der Waals surface area contributed by atoms with Crippen LogP contribution in [0.15, 0.2) is 180 Å². The Hall–Kier alpha value is -6.12. The zero-order valence-corrected chi connectivity index (χ0v) is 25.1. The van der Waals surface area contributed by atoms with Crippen LogP contribution in [0.25, 0.3) is 65.7 Å². The van der Waals surface area contributed by atoms with E-state index in [1.165, 1.54) is 32.8 Å². The highest BCUT2D eigenvalue weighted by Crippen LogP contribution is 2.43. The zero-order chi connectivity index (χ0) is 30.5. The molecule has 0 unspecified atom stereocenters. The number of nitrogens with zero attached hydrogens (tertiary/aromatic N) is 1. The highest BCUT2D eigenvalue weighted by Gasteiger charge is 2.19. The van der Waals surface area contributed by atoms with Crippen molar-refractivity contribution >= 4 is 60.5 Å². The summed E-state index contributed by atoms with van der Waals surface area (Å²) >= 11 is 0. The number of para-hydroxylation sites is 1. The third kappa shape index (κ3) is 4.35. The second-order valence-corrected chi connectivity index (χ2v) is 11.7. The summed E-state index contributed by atoms with van der Waals surface area (Å²) in [7, 11) is 0. The molecule has 2 heteroatoms. The smallest absolute Gasteiger partial charge is 0.143 e. The number of hydrogen-bond acceptors (Lipinski definition) is 2. The van der Waals surface area contributed by atoms with Gasteiger partial charge in [0.1, 0.15) is 11.2 Å². The lowest BCUT2D eigenvalue weighted by atomic mass is 9.97. The van der Waals surface area contributed by atoms with Gasteiger partial charge in [-0.3, -0.25) is 0 Å². The monoisotopic (exact) mass is 587 g/mol. The molecule has 9 aromatic rings. The van der Waals surface area contributed by atoms with Gasteiger partial charge in [0.25, 0.3) is 0 Å². The summed E-state index contributed by atoms with van der Waals surface area (Å²) in [6.07, 6.45) is 0. The predicted octanol–water partition coefficient (Wildman–Crippen LogP) is 12.7. The first-order chi connectivity index (χ1) is 22.8. The van der Waals surface area contributed by atoms with Gasteiger partial charge in [-0.25, -0.2) is 0 Å². The second-order valence-electron chi connectivity index (χ2n) is 11.7. The Morgan fingerprint density at radius 2 is 1.04 bits per heavy atom. The van der Waals surface area contributed by atoms with Crippen LogP contribution in [0, 0.1) is 0 Å². The first-order valence-corrected chi connectivity index (χ1v) is 15.7. The molecule has 0 saturated heterocycles. The van der Waals surface area contributed by atoms with Crippen LogP contribution < -0.4 is 4.90 Å². The Morgan fingerprint density at radius 3 is 1.91 bits per heavy atom. The Morgan fingerprint density at radius 1 is 0.391 bits per heavy atom. The number of benzene rings is 8. The summed E-state index contributed by atoms with van der Waals surface area (Å²) in [6, 6.07) is 62.7. The molecule has 0 spiro atoms. The normalized spacial score (nSPS) is 11.5. The maximum Gasteiger partial charge on any atom is 0.143 e. The van der Waals surface area contributed by atoms with E-state index in [1.54, 1.807) is 0 Å². The van der Waals surface area contributed by atoms with Gasteiger partial charge < -0.3 is 9.32 Å². The molecule has 0 aliphatic rings. The minimum Gasteiger partial charge on any atom is -0.455 e. The molecule has 0 bridgehead atoms. The first-order valence-electron chi connectivity index (χ1n) is 15.7. The van der Waals surface area contributed by atoms with Crippen molar-refractivity contribution in [3.05, 3.63) is 176 Å². The maximum atomic E-state index is 6.49. The molecule has 0 aliphatic heterocycles. The Balaban J connectivity index is 1.21. The molecule has 0 radical (unpaired) electrons. The summed E-state index contributed by atoms with van der Waals surface area (Å²) in [6.45, 7) is 0. The molecule has 216 valence electrons. The van der Waals surface area contributed by atoms with Crippen molar-refractivity contribution in [2.45, 2.75) is 0 Å². The molecule has 8 aromatic carbocycles. The highest BCUT2D eigenvalue weighted by molar-refractivity contribution is 6.19. The number of rotatable bonds is 5. The van der Waals surface area contributed by atoms with E-state index >= 15 is 0 Å². The number of furan rings is 1. The largest absolute Gasteiger partial charge is 0.455 e. The lowest BCUT2D eigenvalue weighted by Gasteiger charge is -2.28. The third-order valence-electron chi connectivity index (χ3n) is 9.04. The van der Waals surface area contributed by atoms with E-state index in [0.29, 0.717) is 0 Å². The highest BCUT2D eigenvalue weighted by atomic mass is 16.3. The molecule has 0 N–H and O–H groups in total. The fourth-order valence-electron chi connectivity index (χ4n) is 6.86. The summed E-state index contributed by atoms with van der Waals surface area (Å²) < 4.78 is 6.49. The fraction of sp³-hybridized carbons (Fsp3) is 0. The molecular weight excluding hydrogens is 558 g/mol. The summed E-state index contributed by atoms with van der Waals surface area (Å²) in [4.78, 5) is 2.37. The van der Waals surface area contributed by atoms with Gasteiger partial charge >= 0.3 is 0 Å². The van der Waals surface area contributed by atoms with Gasteiger partial charge in [0.05, 0.1) is 5.69 Å². The van der Waals surface area contributed by atoms with E-state index < -0.39 is 0 Å². The van der Waals surface area contributed by atoms with E-state index in [0.717, 1.165) is 50.0 Å². The maximum absolute atomic E-state index is 6.49. The molecule has 0 amide bonds. The number of fused-ring (bicyclic) bond motifs is 6. The molecule has 1 heterocycles. The summed E-state index contributed by atoms with van der Waals surface area (Å²) in [5, 5.41) is 7.06. The van der Waals surface area contributed by atoms with Crippen LogP contribution in [0.3, 0.4) is 0 Å². The Bertz CT molecular complexity index is 2530. The van der Waals surface area contributed by atoms with E-state index in [9.17, 15) is 0 Å². The van der Waals surface area contributed by atoms with Gasteiger partial charge in [-0.2, -0.15) is 0 Å². The van der Waals surface area contributed by atoms with Crippen molar-refractivity contribution in [3.63, 3.8) is 0 Å².